The summed E-state index contributed by atoms with van der Waals surface area (Å²) in [6.07, 6.45) is 4.01. The predicted molar refractivity (Wildman–Crippen MR) is 82.1 cm³/mol. The van der Waals surface area contributed by atoms with Gasteiger partial charge in [-0.05, 0) is 24.3 Å². The molecule has 0 atom stereocenters. The molecule has 0 spiro atoms. The van der Waals surface area contributed by atoms with Gasteiger partial charge in [0.2, 0.25) is 0 Å². The van der Waals surface area contributed by atoms with E-state index in [4.69, 9.17) is 5.11 Å². The molecule has 124 valence electrons. The average molecular weight is 350 g/mol. The molecular weight excluding hydrogens is 339 g/mol. The van der Waals surface area contributed by atoms with Crippen molar-refractivity contribution in [3.63, 3.8) is 0 Å². The lowest BCUT2D eigenvalue weighted by Gasteiger charge is -2.12. The summed E-state index contributed by atoms with van der Waals surface area (Å²) in [5.74, 6) is -2.10. The minimum atomic E-state index is -4.19. The van der Waals surface area contributed by atoms with Crippen molar-refractivity contribution < 1.29 is 22.7 Å². The number of aromatic carboxylic acids is 1. The number of benzene rings is 1. The minimum absolute atomic E-state index is 0.192. The lowest BCUT2D eigenvalue weighted by atomic mass is 10.2. The minimum Gasteiger partial charge on any atom is -0.477 e. The SMILES string of the molecule is O=C(O)c1cc(S(=O)(=O)Nc2c(F)cccc2-n2cccn2)c[nH]1. The Morgan fingerprint density at radius 3 is 2.75 bits per heavy atom. The third-order valence-electron chi connectivity index (χ3n) is 3.18. The molecule has 8 nitrogen and oxygen atoms in total. The van der Waals surface area contributed by atoms with Crippen molar-refractivity contribution in [2.45, 2.75) is 4.90 Å². The number of halogens is 1. The predicted octanol–water partition coefficient (Wildman–Crippen LogP) is 1.84. The molecular formula is C14H11FN4O4S. The molecule has 2 aromatic heterocycles. The molecule has 0 fully saturated rings. The third-order valence-corrected chi connectivity index (χ3v) is 4.51. The van der Waals surface area contributed by atoms with Crippen LogP contribution in [-0.4, -0.2) is 34.3 Å². The number of carboxylic acids is 1. The van der Waals surface area contributed by atoms with Crippen molar-refractivity contribution in [2.75, 3.05) is 4.72 Å². The average Bonchev–Trinajstić information content (AvgIpc) is 3.20. The maximum Gasteiger partial charge on any atom is 0.352 e. The molecule has 24 heavy (non-hydrogen) atoms. The fourth-order valence-corrected chi connectivity index (χ4v) is 3.14. The summed E-state index contributed by atoms with van der Waals surface area (Å²) in [7, 11) is -4.19. The molecule has 0 aliphatic heterocycles. The van der Waals surface area contributed by atoms with Crippen LogP contribution in [0.4, 0.5) is 10.1 Å². The van der Waals surface area contributed by atoms with Gasteiger partial charge in [0.25, 0.3) is 10.0 Å². The summed E-state index contributed by atoms with van der Waals surface area (Å²) in [5, 5.41) is 12.8. The quantitative estimate of drug-likeness (QED) is 0.649. The molecule has 0 radical (unpaired) electrons. The molecule has 0 bridgehead atoms. The molecule has 1 aromatic carbocycles. The first-order valence-electron chi connectivity index (χ1n) is 6.61. The van der Waals surface area contributed by atoms with E-state index in [2.05, 4.69) is 14.8 Å². The normalized spacial score (nSPS) is 11.4. The summed E-state index contributed by atoms with van der Waals surface area (Å²) in [6.45, 7) is 0. The van der Waals surface area contributed by atoms with Crippen LogP contribution < -0.4 is 4.72 Å². The van der Waals surface area contributed by atoms with Crippen LogP contribution in [0, 0.1) is 5.82 Å². The zero-order valence-corrected chi connectivity index (χ0v) is 12.8. The monoisotopic (exact) mass is 350 g/mol. The molecule has 3 rings (SSSR count). The highest BCUT2D eigenvalue weighted by atomic mass is 32.2. The molecule has 0 saturated heterocycles. The number of carboxylic acid groups (broad SMARTS) is 1. The molecule has 3 N–H and O–H groups in total. The zero-order valence-electron chi connectivity index (χ0n) is 12.0. The van der Waals surface area contributed by atoms with E-state index in [9.17, 15) is 17.6 Å². The Morgan fingerprint density at radius 2 is 2.12 bits per heavy atom. The van der Waals surface area contributed by atoms with E-state index in [1.165, 1.54) is 29.2 Å². The Balaban J connectivity index is 2.03. The van der Waals surface area contributed by atoms with E-state index < -0.39 is 21.8 Å². The van der Waals surface area contributed by atoms with Crippen molar-refractivity contribution in [3.8, 4) is 5.69 Å². The number of sulfonamides is 1. The zero-order chi connectivity index (χ0) is 17.3. The van der Waals surface area contributed by atoms with Crippen LogP contribution in [0.15, 0.2) is 53.8 Å². The number of hydrogen-bond acceptors (Lipinski definition) is 4. The van der Waals surface area contributed by atoms with Gasteiger partial charge in [0.15, 0.2) is 0 Å². The maximum absolute atomic E-state index is 14.2. The number of H-pyrrole nitrogens is 1. The fourth-order valence-electron chi connectivity index (χ4n) is 2.06. The number of nitrogens with one attached hydrogen (secondary N) is 2. The Bertz CT molecular complexity index is 996. The topological polar surface area (TPSA) is 117 Å². The second-order valence-corrected chi connectivity index (χ2v) is 6.43. The number of rotatable bonds is 5. The number of nitrogens with zero attached hydrogens (tertiary/aromatic N) is 2. The molecule has 0 saturated carbocycles. The van der Waals surface area contributed by atoms with Gasteiger partial charge in [0.05, 0.1) is 5.69 Å². The highest BCUT2D eigenvalue weighted by Crippen LogP contribution is 2.26. The smallest absolute Gasteiger partial charge is 0.352 e. The highest BCUT2D eigenvalue weighted by molar-refractivity contribution is 7.92. The van der Waals surface area contributed by atoms with E-state index in [1.54, 1.807) is 6.07 Å². The van der Waals surface area contributed by atoms with E-state index in [-0.39, 0.29) is 22.0 Å². The first-order chi connectivity index (χ1) is 11.4. The fraction of sp³-hybridized carbons (Fsp3) is 0. The van der Waals surface area contributed by atoms with Gasteiger partial charge in [-0.25, -0.2) is 22.3 Å². The van der Waals surface area contributed by atoms with Crippen LogP contribution in [0.3, 0.4) is 0 Å². The number of anilines is 1. The second kappa shape index (κ2) is 5.81. The van der Waals surface area contributed by atoms with Crippen molar-refractivity contribution in [3.05, 3.63) is 60.4 Å². The summed E-state index contributed by atoms with van der Waals surface area (Å²) < 4.78 is 42.4. The van der Waals surface area contributed by atoms with Gasteiger partial charge in [-0.1, -0.05) is 6.07 Å². The molecule has 3 aromatic rings. The second-order valence-electron chi connectivity index (χ2n) is 4.74. The lowest BCUT2D eigenvalue weighted by molar-refractivity contribution is 0.0691. The number of aromatic nitrogens is 3. The van der Waals surface area contributed by atoms with Crippen molar-refractivity contribution in [1.29, 1.82) is 0 Å². The van der Waals surface area contributed by atoms with Crippen LogP contribution in [-0.2, 0) is 10.0 Å². The van der Waals surface area contributed by atoms with Crippen molar-refractivity contribution in [1.82, 2.24) is 14.8 Å². The van der Waals surface area contributed by atoms with Crippen LogP contribution >= 0.6 is 0 Å². The number of para-hydroxylation sites is 1. The maximum atomic E-state index is 14.2. The van der Waals surface area contributed by atoms with Gasteiger partial charge in [-0.15, -0.1) is 0 Å². The Hall–Kier alpha value is -3.14. The standard InChI is InChI=1S/C14H11FN4O4S/c15-10-3-1-4-12(19-6-2-5-17-19)13(10)18-24(22,23)9-7-11(14(20)21)16-8-9/h1-8,16,18H,(H,20,21). The summed E-state index contributed by atoms with van der Waals surface area (Å²) in [6, 6.07) is 6.56. The number of carbonyl (C=O) groups is 1. The van der Waals surface area contributed by atoms with Crippen LogP contribution in [0.1, 0.15) is 10.5 Å². The molecule has 0 amide bonds. The van der Waals surface area contributed by atoms with E-state index >= 15 is 0 Å². The van der Waals surface area contributed by atoms with Gasteiger partial charge in [0, 0.05) is 18.6 Å². The van der Waals surface area contributed by atoms with Crippen molar-refractivity contribution >= 4 is 21.7 Å². The van der Waals surface area contributed by atoms with Gasteiger partial charge in [-0.2, -0.15) is 5.10 Å². The van der Waals surface area contributed by atoms with E-state index in [0.29, 0.717) is 0 Å². The summed E-state index contributed by atoms with van der Waals surface area (Å²) >= 11 is 0. The first kappa shape index (κ1) is 15.7. The van der Waals surface area contributed by atoms with Crippen molar-refractivity contribution in [2.24, 2.45) is 0 Å². The van der Waals surface area contributed by atoms with Crippen LogP contribution in [0.5, 0.6) is 0 Å². The molecule has 0 aliphatic rings. The van der Waals surface area contributed by atoms with Gasteiger partial charge in [0.1, 0.15) is 22.1 Å². The summed E-state index contributed by atoms with van der Waals surface area (Å²) in [5.41, 5.74) is -0.395. The molecule has 0 unspecified atom stereocenters. The Kier molecular flexibility index (Phi) is 3.81. The molecule has 10 heteroatoms. The van der Waals surface area contributed by atoms with Gasteiger partial charge in [-0.3, -0.25) is 4.72 Å². The van der Waals surface area contributed by atoms with Gasteiger partial charge < -0.3 is 10.1 Å². The summed E-state index contributed by atoms with van der Waals surface area (Å²) in [4.78, 5) is 12.8. The molecule has 2 heterocycles. The third kappa shape index (κ3) is 2.86. The number of aromatic amines is 1. The van der Waals surface area contributed by atoms with Crippen LogP contribution in [0.2, 0.25) is 0 Å². The van der Waals surface area contributed by atoms with Crippen LogP contribution in [0.25, 0.3) is 5.69 Å². The van der Waals surface area contributed by atoms with E-state index in [0.717, 1.165) is 18.3 Å². The molecule has 0 aliphatic carbocycles. The lowest BCUT2D eigenvalue weighted by Crippen LogP contribution is -2.15. The largest absolute Gasteiger partial charge is 0.477 e. The van der Waals surface area contributed by atoms with Gasteiger partial charge >= 0.3 is 5.97 Å². The number of hydrogen-bond donors (Lipinski definition) is 3. The first-order valence-corrected chi connectivity index (χ1v) is 8.10. The van der Waals surface area contributed by atoms with E-state index in [1.807, 2.05) is 0 Å². The Morgan fingerprint density at radius 1 is 1.33 bits per heavy atom. The highest BCUT2D eigenvalue weighted by Gasteiger charge is 2.22. The Labute approximate surface area is 135 Å².